The van der Waals surface area contributed by atoms with Gasteiger partial charge in [0.05, 0.1) is 5.56 Å². The van der Waals surface area contributed by atoms with Gasteiger partial charge >= 0.3 is 0 Å². The van der Waals surface area contributed by atoms with E-state index in [1.165, 1.54) is 37.8 Å². The molecule has 2 fully saturated rings. The summed E-state index contributed by atoms with van der Waals surface area (Å²) in [6, 6.07) is 6.00. The molecule has 2 aliphatic rings. The Morgan fingerprint density at radius 3 is 2.62 bits per heavy atom. The van der Waals surface area contributed by atoms with Crippen LogP contribution in [-0.2, 0) is 0 Å². The van der Waals surface area contributed by atoms with E-state index in [-0.39, 0.29) is 11.5 Å². The van der Waals surface area contributed by atoms with Crippen molar-refractivity contribution in [3.8, 4) is 0 Å². The molecule has 1 spiro atoms. The van der Waals surface area contributed by atoms with E-state index in [1.54, 1.807) is 19.2 Å². The van der Waals surface area contributed by atoms with Crippen LogP contribution < -0.4 is 10.6 Å². The second kappa shape index (κ2) is 7.20. The first-order valence-corrected chi connectivity index (χ1v) is 8.62. The van der Waals surface area contributed by atoms with Crippen LogP contribution in [0.15, 0.2) is 29.3 Å². The summed E-state index contributed by atoms with van der Waals surface area (Å²) in [6.45, 7) is 3.11. The van der Waals surface area contributed by atoms with E-state index in [0.29, 0.717) is 18.5 Å². The molecule has 0 bridgehead atoms. The lowest BCUT2D eigenvalue weighted by molar-refractivity contribution is 0.0950. The summed E-state index contributed by atoms with van der Waals surface area (Å²) in [5, 5.41) is 6.02. The van der Waals surface area contributed by atoms with Crippen LogP contribution in [0.4, 0.5) is 4.39 Å². The van der Waals surface area contributed by atoms with Crippen LogP contribution in [0.2, 0.25) is 0 Å². The first-order chi connectivity index (χ1) is 11.6. The first kappa shape index (κ1) is 16.7. The molecule has 1 saturated carbocycles. The predicted octanol–water partition coefficient (Wildman–Crippen LogP) is 2.01. The van der Waals surface area contributed by atoms with Gasteiger partial charge in [0.1, 0.15) is 5.82 Å². The average molecular weight is 332 g/mol. The molecule has 3 rings (SSSR count). The molecule has 1 heterocycles. The smallest absolute Gasteiger partial charge is 0.254 e. The zero-order chi connectivity index (χ0) is 17.0. The Hall–Kier alpha value is -2.11. The van der Waals surface area contributed by atoms with Crippen LogP contribution in [0.1, 0.15) is 36.0 Å². The predicted molar refractivity (Wildman–Crippen MR) is 92.6 cm³/mol. The molecule has 24 heavy (non-hydrogen) atoms. The SMILES string of the molecule is CN=C(NCCNC(=O)c1ccccc1F)N1CCC2(CCC2)C1. The third kappa shape index (κ3) is 3.52. The highest BCUT2D eigenvalue weighted by atomic mass is 19.1. The Bertz CT molecular complexity index is 627. The molecule has 0 aromatic heterocycles. The van der Waals surface area contributed by atoms with Gasteiger partial charge in [-0.25, -0.2) is 4.39 Å². The summed E-state index contributed by atoms with van der Waals surface area (Å²) in [5.74, 6) is 0.0000264. The molecule has 1 aliphatic heterocycles. The quantitative estimate of drug-likeness (QED) is 0.504. The van der Waals surface area contributed by atoms with Gasteiger partial charge in [0.25, 0.3) is 5.91 Å². The number of hydrogen-bond acceptors (Lipinski definition) is 2. The number of carbonyl (C=O) groups is 1. The molecule has 130 valence electrons. The van der Waals surface area contributed by atoms with Gasteiger partial charge in [0, 0.05) is 33.2 Å². The molecule has 1 saturated heterocycles. The second-order valence-corrected chi connectivity index (χ2v) is 6.73. The van der Waals surface area contributed by atoms with Gasteiger partial charge in [-0.2, -0.15) is 0 Å². The van der Waals surface area contributed by atoms with Gasteiger partial charge in [-0.05, 0) is 36.8 Å². The maximum atomic E-state index is 13.5. The molecule has 6 heteroatoms. The van der Waals surface area contributed by atoms with Gasteiger partial charge in [0.2, 0.25) is 0 Å². The number of nitrogens with one attached hydrogen (secondary N) is 2. The summed E-state index contributed by atoms with van der Waals surface area (Å²) < 4.78 is 13.5. The highest BCUT2D eigenvalue weighted by molar-refractivity contribution is 5.94. The second-order valence-electron chi connectivity index (χ2n) is 6.73. The average Bonchev–Trinajstić information content (AvgIpc) is 3.01. The third-order valence-corrected chi connectivity index (χ3v) is 5.18. The topological polar surface area (TPSA) is 56.7 Å². The van der Waals surface area contributed by atoms with Crippen LogP contribution in [0.3, 0.4) is 0 Å². The molecule has 1 aromatic carbocycles. The fourth-order valence-electron chi connectivity index (χ4n) is 3.62. The van der Waals surface area contributed by atoms with E-state index in [1.807, 2.05) is 0 Å². The number of carbonyl (C=O) groups excluding carboxylic acids is 1. The lowest BCUT2D eigenvalue weighted by Crippen LogP contribution is -2.44. The van der Waals surface area contributed by atoms with E-state index >= 15 is 0 Å². The van der Waals surface area contributed by atoms with Crippen molar-refractivity contribution >= 4 is 11.9 Å². The summed E-state index contributed by atoms with van der Waals surface area (Å²) in [7, 11) is 1.78. The highest BCUT2D eigenvalue weighted by Crippen LogP contribution is 2.47. The Balaban J connectivity index is 1.42. The highest BCUT2D eigenvalue weighted by Gasteiger charge is 2.43. The largest absolute Gasteiger partial charge is 0.354 e. The number of aliphatic imine (C=N–C) groups is 1. The van der Waals surface area contributed by atoms with Crippen LogP contribution in [0, 0.1) is 11.2 Å². The Morgan fingerprint density at radius 2 is 2.00 bits per heavy atom. The van der Waals surface area contributed by atoms with Crippen LogP contribution in [0.5, 0.6) is 0 Å². The number of hydrogen-bond donors (Lipinski definition) is 2. The molecule has 1 aromatic rings. The summed E-state index contributed by atoms with van der Waals surface area (Å²) in [5.41, 5.74) is 0.602. The Kier molecular flexibility index (Phi) is 5.02. The number of amides is 1. The minimum atomic E-state index is -0.498. The third-order valence-electron chi connectivity index (χ3n) is 5.18. The van der Waals surface area contributed by atoms with Crippen molar-refractivity contribution in [2.75, 3.05) is 33.2 Å². The van der Waals surface area contributed by atoms with Crippen LogP contribution in [0.25, 0.3) is 0 Å². The molecule has 5 nitrogen and oxygen atoms in total. The van der Waals surface area contributed by atoms with Gasteiger partial charge in [0.15, 0.2) is 5.96 Å². The number of guanidine groups is 1. The zero-order valence-electron chi connectivity index (χ0n) is 14.1. The molecular weight excluding hydrogens is 307 g/mol. The van der Waals surface area contributed by atoms with Crippen LogP contribution in [-0.4, -0.2) is 50.0 Å². The van der Waals surface area contributed by atoms with E-state index < -0.39 is 5.82 Å². The maximum absolute atomic E-state index is 13.5. The van der Waals surface area contributed by atoms with Crippen molar-refractivity contribution < 1.29 is 9.18 Å². The van der Waals surface area contributed by atoms with Crippen molar-refractivity contribution in [1.29, 1.82) is 0 Å². The van der Waals surface area contributed by atoms with E-state index in [4.69, 9.17) is 0 Å². The maximum Gasteiger partial charge on any atom is 0.254 e. The van der Waals surface area contributed by atoms with Gasteiger partial charge in [-0.3, -0.25) is 9.79 Å². The number of rotatable bonds is 4. The lowest BCUT2D eigenvalue weighted by atomic mass is 9.68. The van der Waals surface area contributed by atoms with Crippen molar-refractivity contribution in [2.45, 2.75) is 25.7 Å². The fourth-order valence-corrected chi connectivity index (χ4v) is 3.62. The molecule has 0 atom stereocenters. The van der Waals surface area contributed by atoms with Gasteiger partial charge in [-0.1, -0.05) is 18.6 Å². The van der Waals surface area contributed by atoms with Crippen molar-refractivity contribution in [3.63, 3.8) is 0 Å². The minimum absolute atomic E-state index is 0.0772. The monoisotopic (exact) mass is 332 g/mol. The molecule has 0 radical (unpaired) electrons. The number of benzene rings is 1. The van der Waals surface area contributed by atoms with Crippen molar-refractivity contribution in [2.24, 2.45) is 10.4 Å². The molecule has 0 unspecified atom stereocenters. The standard InChI is InChI=1S/C18H25FN4O/c1-20-17(23-12-9-18(13-23)7-4-8-18)22-11-10-21-16(24)14-5-2-3-6-15(14)19/h2-3,5-6H,4,7-13H2,1H3,(H,20,22)(H,21,24). The molecule has 1 amide bonds. The van der Waals surface area contributed by atoms with E-state index in [2.05, 4.69) is 20.5 Å². The van der Waals surface area contributed by atoms with E-state index in [9.17, 15) is 9.18 Å². The minimum Gasteiger partial charge on any atom is -0.354 e. The number of likely N-dealkylation sites (tertiary alicyclic amines) is 1. The zero-order valence-corrected chi connectivity index (χ0v) is 14.1. The Labute approximate surface area is 142 Å². The summed E-state index contributed by atoms with van der Waals surface area (Å²) in [4.78, 5) is 18.6. The molecule has 2 N–H and O–H groups in total. The fraction of sp³-hybridized carbons (Fsp3) is 0.556. The van der Waals surface area contributed by atoms with Crippen molar-refractivity contribution in [1.82, 2.24) is 15.5 Å². The van der Waals surface area contributed by atoms with Gasteiger partial charge < -0.3 is 15.5 Å². The summed E-state index contributed by atoms with van der Waals surface area (Å²) in [6.07, 6.45) is 5.26. The normalized spacial score (nSPS) is 19.2. The number of nitrogens with zero attached hydrogens (tertiary/aromatic N) is 2. The van der Waals surface area contributed by atoms with Gasteiger partial charge in [-0.15, -0.1) is 0 Å². The Morgan fingerprint density at radius 1 is 1.25 bits per heavy atom. The summed E-state index contributed by atoms with van der Waals surface area (Å²) >= 11 is 0. The van der Waals surface area contributed by atoms with Crippen molar-refractivity contribution in [3.05, 3.63) is 35.6 Å². The van der Waals surface area contributed by atoms with E-state index in [0.717, 1.165) is 19.0 Å². The van der Waals surface area contributed by atoms with Crippen LogP contribution >= 0.6 is 0 Å². The molecule has 1 aliphatic carbocycles. The molecular formula is C18H25FN4O. The first-order valence-electron chi connectivity index (χ1n) is 8.62. The number of halogens is 1. The lowest BCUT2D eigenvalue weighted by Gasteiger charge is -2.38.